The van der Waals surface area contributed by atoms with Crippen molar-refractivity contribution in [3.63, 3.8) is 0 Å². The fourth-order valence-corrected chi connectivity index (χ4v) is 6.99. The lowest BCUT2D eigenvalue weighted by molar-refractivity contribution is 0.127. The van der Waals surface area contributed by atoms with Gasteiger partial charge in [-0.1, -0.05) is 30.3 Å². The van der Waals surface area contributed by atoms with E-state index in [1.165, 1.54) is 4.31 Å². The van der Waals surface area contributed by atoms with Gasteiger partial charge in [0.05, 0.1) is 4.90 Å². The number of anilines is 1. The second kappa shape index (κ2) is 9.60. The maximum atomic E-state index is 13.7. The van der Waals surface area contributed by atoms with Gasteiger partial charge in [0.15, 0.2) is 0 Å². The predicted octanol–water partition coefficient (Wildman–Crippen LogP) is 4.18. The monoisotopic (exact) mass is 483 g/mol. The number of aliphatic hydroxyl groups is 1. The molecule has 180 valence electrons. The van der Waals surface area contributed by atoms with Crippen molar-refractivity contribution in [2.45, 2.75) is 36.2 Å². The number of hydrogen-bond acceptors (Lipinski definition) is 5. The molecule has 5 rings (SSSR count). The Morgan fingerprint density at radius 2 is 1.85 bits per heavy atom. The van der Waals surface area contributed by atoms with Crippen molar-refractivity contribution in [1.29, 1.82) is 0 Å². The molecule has 0 amide bonds. The maximum absolute atomic E-state index is 13.7. The topological polar surface area (TPSA) is 82.5 Å². The first-order chi connectivity index (χ1) is 16.5. The van der Waals surface area contributed by atoms with E-state index in [0.29, 0.717) is 37.2 Å². The Bertz CT molecular complexity index is 1250. The van der Waals surface area contributed by atoms with Crippen molar-refractivity contribution >= 4 is 26.5 Å². The molecule has 0 spiro atoms. The molecular weight excluding hydrogens is 453 g/mol. The molecule has 1 aliphatic carbocycles. The van der Waals surface area contributed by atoms with Gasteiger partial charge in [0.1, 0.15) is 6.17 Å². The average Bonchev–Trinajstić information content (AvgIpc) is 3.29. The molecule has 1 aliphatic heterocycles. The Balaban J connectivity index is 1.40. The molecule has 2 aliphatic rings. The lowest BCUT2D eigenvalue weighted by Crippen LogP contribution is -2.29. The number of rotatable bonds is 8. The maximum Gasteiger partial charge on any atom is 0.243 e. The van der Waals surface area contributed by atoms with Crippen LogP contribution in [0.25, 0.3) is 10.8 Å². The van der Waals surface area contributed by atoms with E-state index in [4.69, 9.17) is 0 Å². The van der Waals surface area contributed by atoms with Crippen molar-refractivity contribution in [2.24, 2.45) is 11.8 Å². The van der Waals surface area contributed by atoms with Gasteiger partial charge in [-0.25, -0.2) is 12.8 Å². The van der Waals surface area contributed by atoms with E-state index in [1.807, 2.05) is 30.3 Å². The molecule has 0 unspecified atom stereocenters. The largest absolute Gasteiger partial charge is 0.396 e. The van der Waals surface area contributed by atoms with Gasteiger partial charge >= 0.3 is 0 Å². The number of alkyl halides is 1. The second-order valence-electron chi connectivity index (χ2n) is 9.46. The Morgan fingerprint density at radius 3 is 2.59 bits per heavy atom. The lowest BCUT2D eigenvalue weighted by atomic mass is 9.81. The molecule has 1 aromatic heterocycles. The number of nitrogens with zero attached hydrogens (tertiary/aromatic N) is 2. The second-order valence-corrected chi connectivity index (χ2v) is 11.4. The summed E-state index contributed by atoms with van der Waals surface area (Å²) in [7, 11) is -3.78. The summed E-state index contributed by atoms with van der Waals surface area (Å²) in [5, 5.41) is 14.7. The van der Waals surface area contributed by atoms with Crippen LogP contribution in [0.3, 0.4) is 0 Å². The molecule has 0 radical (unpaired) electrons. The summed E-state index contributed by atoms with van der Waals surface area (Å²) >= 11 is 0. The molecule has 6 nitrogen and oxygen atoms in total. The highest BCUT2D eigenvalue weighted by Gasteiger charge is 2.40. The van der Waals surface area contributed by atoms with Crippen molar-refractivity contribution < 1.29 is 17.9 Å². The van der Waals surface area contributed by atoms with Gasteiger partial charge in [0.25, 0.3) is 0 Å². The number of fused-ring (bicyclic) bond motifs is 1. The minimum Gasteiger partial charge on any atom is -0.396 e. The number of benzene rings is 2. The number of nitrogens with one attached hydrogen (secondary N) is 1. The van der Waals surface area contributed by atoms with Crippen molar-refractivity contribution in [3.8, 4) is 0 Å². The van der Waals surface area contributed by atoms with Crippen LogP contribution in [-0.2, 0) is 10.0 Å². The number of pyridine rings is 1. The first kappa shape index (κ1) is 23.2. The number of aliphatic hydroxyl groups excluding tert-OH is 1. The Kier molecular flexibility index (Phi) is 6.55. The number of sulfonamides is 1. The van der Waals surface area contributed by atoms with E-state index >= 15 is 0 Å². The fraction of sp³-hybridized carbons (Fsp3) is 0.423. The predicted molar refractivity (Wildman–Crippen MR) is 131 cm³/mol. The van der Waals surface area contributed by atoms with Crippen LogP contribution < -0.4 is 5.32 Å². The molecule has 2 aromatic carbocycles. The summed E-state index contributed by atoms with van der Waals surface area (Å²) < 4.78 is 42.1. The van der Waals surface area contributed by atoms with Gasteiger partial charge < -0.3 is 10.4 Å². The minimum absolute atomic E-state index is 0.0507. The summed E-state index contributed by atoms with van der Waals surface area (Å²) in [6.07, 6.45) is 4.79. The molecule has 2 atom stereocenters. The summed E-state index contributed by atoms with van der Waals surface area (Å²) in [5.74, 6) is 0.213. The molecular formula is C26H30FN3O3S. The highest BCUT2D eigenvalue weighted by atomic mass is 32.2. The molecule has 0 bridgehead atoms. The third kappa shape index (κ3) is 4.42. The van der Waals surface area contributed by atoms with Crippen LogP contribution in [0.15, 0.2) is 65.8 Å². The molecule has 34 heavy (non-hydrogen) atoms. The summed E-state index contributed by atoms with van der Waals surface area (Å²) in [5.41, 5.74) is 1.87. The molecule has 2 heterocycles. The van der Waals surface area contributed by atoms with E-state index in [9.17, 15) is 17.9 Å². The normalized spacial score (nSPS) is 25.4. The number of aromatic nitrogens is 1. The Morgan fingerprint density at radius 1 is 1.06 bits per heavy atom. The SMILES string of the molecule is O=S(=O)(c1ccc(NCCC2CC(F)C2)c2cnccc12)N1C[C@@H](CO)[C@H](c2ccccc2)C1. The molecule has 2 N–H and O–H groups in total. The summed E-state index contributed by atoms with van der Waals surface area (Å²) in [4.78, 5) is 4.47. The van der Waals surface area contributed by atoms with E-state index < -0.39 is 16.2 Å². The van der Waals surface area contributed by atoms with Gasteiger partial charge in [-0.15, -0.1) is 0 Å². The van der Waals surface area contributed by atoms with Crippen LogP contribution in [0.2, 0.25) is 0 Å². The molecule has 1 saturated carbocycles. The van der Waals surface area contributed by atoms with E-state index in [-0.39, 0.29) is 29.9 Å². The zero-order valence-corrected chi connectivity index (χ0v) is 19.8. The zero-order valence-electron chi connectivity index (χ0n) is 19.0. The Hall–Kier alpha value is -2.55. The highest BCUT2D eigenvalue weighted by Crippen LogP contribution is 2.38. The van der Waals surface area contributed by atoms with E-state index in [0.717, 1.165) is 23.1 Å². The molecule has 2 fully saturated rings. The first-order valence-electron chi connectivity index (χ1n) is 11.9. The highest BCUT2D eigenvalue weighted by molar-refractivity contribution is 7.89. The Labute approximate surface area is 199 Å². The molecule has 3 aromatic rings. The fourth-order valence-electron chi connectivity index (χ4n) is 5.27. The number of hydrogen-bond donors (Lipinski definition) is 2. The summed E-state index contributed by atoms with van der Waals surface area (Å²) in [6, 6.07) is 15.0. The van der Waals surface area contributed by atoms with Crippen molar-refractivity contribution in [2.75, 3.05) is 31.6 Å². The summed E-state index contributed by atoms with van der Waals surface area (Å²) in [6.45, 7) is 1.25. The minimum atomic E-state index is -3.78. The van der Waals surface area contributed by atoms with Crippen LogP contribution in [0.1, 0.15) is 30.7 Å². The van der Waals surface area contributed by atoms with E-state index in [1.54, 1.807) is 30.6 Å². The van der Waals surface area contributed by atoms with Gasteiger partial charge in [-0.05, 0) is 48.9 Å². The van der Waals surface area contributed by atoms with E-state index in [2.05, 4.69) is 10.3 Å². The van der Waals surface area contributed by atoms with Crippen molar-refractivity contribution in [1.82, 2.24) is 9.29 Å². The lowest BCUT2D eigenvalue weighted by Gasteiger charge is -2.29. The molecule has 8 heteroatoms. The van der Waals surface area contributed by atoms with Crippen molar-refractivity contribution in [3.05, 3.63) is 66.5 Å². The van der Waals surface area contributed by atoms with Crippen LogP contribution in [0, 0.1) is 11.8 Å². The van der Waals surface area contributed by atoms with Crippen LogP contribution in [0.4, 0.5) is 10.1 Å². The smallest absolute Gasteiger partial charge is 0.243 e. The average molecular weight is 484 g/mol. The molecule has 1 saturated heterocycles. The standard InChI is InChI=1S/C26H30FN3O3S/c27-21-12-18(13-21)8-11-29-25-6-7-26(22-9-10-28-14-23(22)25)34(32,33)30-15-20(17-31)24(16-30)19-4-2-1-3-5-19/h1-7,9-10,14,18,20-21,24,29,31H,8,11-13,15-17H2/t18?,20-,21?,24-/m0/s1. The van der Waals surface area contributed by atoms with Gasteiger partial charge in [0, 0.05) is 66.9 Å². The first-order valence-corrected chi connectivity index (χ1v) is 13.3. The van der Waals surface area contributed by atoms with Crippen LogP contribution in [0.5, 0.6) is 0 Å². The van der Waals surface area contributed by atoms with Crippen LogP contribution in [-0.4, -0.2) is 55.2 Å². The van der Waals surface area contributed by atoms with Gasteiger partial charge in [-0.2, -0.15) is 4.31 Å². The van der Waals surface area contributed by atoms with Gasteiger partial charge in [0.2, 0.25) is 10.0 Å². The van der Waals surface area contributed by atoms with Crippen LogP contribution >= 0.6 is 0 Å². The zero-order chi connectivity index (χ0) is 23.7. The number of halogens is 1. The third-order valence-corrected chi connectivity index (χ3v) is 9.20. The quantitative estimate of drug-likeness (QED) is 0.502. The van der Waals surface area contributed by atoms with Gasteiger partial charge in [-0.3, -0.25) is 4.98 Å². The third-order valence-electron chi connectivity index (χ3n) is 7.31.